The number of para-hydroxylation sites is 2. The molecule has 2 amide bonds. The molecule has 1 N–H and O–H groups in total. The summed E-state index contributed by atoms with van der Waals surface area (Å²) in [7, 11) is -0.692. The highest BCUT2D eigenvalue weighted by molar-refractivity contribution is 7.92. The molecule has 0 fully saturated rings. The van der Waals surface area contributed by atoms with Crippen LogP contribution in [0.25, 0.3) is 0 Å². The zero-order chi connectivity index (χ0) is 29.3. The Kier molecular flexibility index (Phi) is 11.2. The molecule has 0 saturated heterocycles. The van der Waals surface area contributed by atoms with Gasteiger partial charge < -0.3 is 15.0 Å². The number of carbonyl (C=O) groups is 2. The lowest BCUT2D eigenvalue weighted by molar-refractivity contribution is -0.141. The summed E-state index contributed by atoms with van der Waals surface area (Å²) in [4.78, 5) is 28.4. The average molecular weight is 607 g/mol. The average Bonchev–Trinajstić information content (AvgIpc) is 2.93. The maximum Gasteiger partial charge on any atom is 0.242 e. The van der Waals surface area contributed by atoms with Crippen LogP contribution in [0.2, 0.25) is 10.0 Å². The fourth-order valence-corrected chi connectivity index (χ4v) is 5.88. The van der Waals surface area contributed by atoms with Crippen molar-refractivity contribution in [2.75, 3.05) is 31.3 Å². The monoisotopic (exact) mass is 605 g/mol. The van der Waals surface area contributed by atoms with Crippen LogP contribution in [0.5, 0.6) is 5.75 Å². The zero-order valence-corrected chi connectivity index (χ0v) is 25.0. The Morgan fingerprint density at radius 1 is 0.950 bits per heavy atom. The number of benzene rings is 3. The molecule has 3 rings (SSSR count). The van der Waals surface area contributed by atoms with Gasteiger partial charge in [-0.1, -0.05) is 71.7 Å². The SMILES string of the molecule is CNC(=O)C(Cc1ccccc1)N(Cc1c(Cl)cccc1Cl)C(=O)CCCN(c1ccccc1OC)S(C)(=O)=O. The van der Waals surface area contributed by atoms with E-state index >= 15 is 0 Å². The number of hydrogen-bond donors (Lipinski definition) is 1. The normalized spacial score (nSPS) is 11.9. The van der Waals surface area contributed by atoms with Gasteiger partial charge in [0.15, 0.2) is 0 Å². The van der Waals surface area contributed by atoms with Crippen molar-refractivity contribution >= 4 is 50.7 Å². The van der Waals surface area contributed by atoms with Gasteiger partial charge in [0.25, 0.3) is 0 Å². The van der Waals surface area contributed by atoms with Gasteiger partial charge in [0, 0.05) is 48.6 Å². The second-order valence-electron chi connectivity index (χ2n) is 9.15. The maximum atomic E-state index is 13.8. The van der Waals surface area contributed by atoms with Crippen molar-refractivity contribution in [1.82, 2.24) is 10.2 Å². The summed E-state index contributed by atoms with van der Waals surface area (Å²) in [6.45, 7) is 0.0412. The van der Waals surface area contributed by atoms with Gasteiger partial charge >= 0.3 is 0 Å². The van der Waals surface area contributed by atoms with Gasteiger partial charge in [-0.25, -0.2) is 8.42 Å². The molecule has 3 aromatic rings. The van der Waals surface area contributed by atoms with Crippen molar-refractivity contribution in [2.45, 2.75) is 31.8 Å². The fraction of sp³-hybridized carbons (Fsp3) is 0.310. The lowest BCUT2D eigenvalue weighted by atomic mass is 10.0. The first-order chi connectivity index (χ1) is 19.1. The van der Waals surface area contributed by atoms with Crippen LogP contribution in [0, 0.1) is 0 Å². The number of halogens is 2. The molecular weight excluding hydrogens is 573 g/mol. The molecule has 3 aromatic carbocycles. The molecule has 0 aromatic heterocycles. The minimum atomic E-state index is -3.67. The van der Waals surface area contributed by atoms with E-state index in [-0.39, 0.29) is 44.2 Å². The van der Waals surface area contributed by atoms with Gasteiger partial charge in [-0.3, -0.25) is 13.9 Å². The lowest BCUT2D eigenvalue weighted by Gasteiger charge is -2.32. The molecule has 11 heteroatoms. The number of methoxy groups -OCH3 is 1. The quantitative estimate of drug-likeness (QED) is 0.298. The van der Waals surface area contributed by atoms with Crippen LogP contribution < -0.4 is 14.4 Å². The van der Waals surface area contributed by atoms with Gasteiger partial charge in [0.2, 0.25) is 21.8 Å². The van der Waals surface area contributed by atoms with E-state index in [1.54, 1.807) is 42.5 Å². The van der Waals surface area contributed by atoms with Crippen LogP contribution in [0.4, 0.5) is 5.69 Å². The molecule has 0 bridgehead atoms. The van der Waals surface area contributed by atoms with Gasteiger partial charge in [-0.05, 0) is 36.2 Å². The predicted octanol–water partition coefficient (Wildman–Crippen LogP) is 4.93. The number of ether oxygens (including phenoxy) is 1. The Hall–Kier alpha value is -3.27. The molecule has 0 heterocycles. The second-order valence-corrected chi connectivity index (χ2v) is 11.9. The van der Waals surface area contributed by atoms with Crippen molar-refractivity contribution in [3.8, 4) is 5.75 Å². The number of rotatable bonds is 13. The van der Waals surface area contributed by atoms with Gasteiger partial charge in [-0.15, -0.1) is 0 Å². The highest BCUT2D eigenvalue weighted by atomic mass is 35.5. The molecule has 40 heavy (non-hydrogen) atoms. The number of carbonyl (C=O) groups excluding carboxylic acids is 2. The van der Waals surface area contributed by atoms with E-state index in [0.29, 0.717) is 27.0 Å². The number of anilines is 1. The molecule has 1 unspecified atom stereocenters. The van der Waals surface area contributed by atoms with Gasteiger partial charge in [-0.2, -0.15) is 0 Å². The minimum absolute atomic E-state index is 0.00452. The van der Waals surface area contributed by atoms with Crippen LogP contribution in [-0.4, -0.2) is 58.1 Å². The first-order valence-electron chi connectivity index (χ1n) is 12.7. The molecule has 0 aliphatic rings. The molecule has 214 valence electrons. The first kappa shape index (κ1) is 31.3. The van der Waals surface area contributed by atoms with E-state index in [1.807, 2.05) is 30.3 Å². The Morgan fingerprint density at radius 2 is 1.57 bits per heavy atom. The van der Waals surface area contributed by atoms with E-state index in [0.717, 1.165) is 11.8 Å². The van der Waals surface area contributed by atoms with Crippen LogP contribution in [-0.2, 0) is 32.6 Å². The minimum Gasteiger partial charge on any atom is -0.495 e. The number of nitrogens with zero attached hydrogens (tertiary/aromatic N) is 2. The van der Waals surface area contributed by atoms with E-state index in [4.69, 9.17) is 27.9 Å². The topological polar surface area (TPSA) is 96.0 Å². The first-order valence-corrected chi connectivity index (χ1v) is 15.3. The summed E-state index contributed by atoms with van der Waals surface area (Å²) in [6.07, 6.45) is 1.55. The van der Waals surface area contributed by atoms with Crippen molar-refractivity contribution < 1.29 is 22.7 Å². The van der Waals surface area contributed by atoms with Crippen molar-refractivity contribution in [1.29, 1.82) is 0 Å². The molecule has 8 nitrogen and oxygen atoms in total. The van der Waals surface area contributed by atoms with E-state index < -0.39 is 16.1 Å². The molecule has 0 spiro atoms. The van der Waals surface area contributed by atoms with Crippen LogP contribution in [0.15, 0.2) is 72.8 Å². The van der Waals surface area contributed by atoms with E-state index in [9.17, 15) is 18.0 Å². The Balaban J connectivity index is 1.90. The number of sulfonamides is 1. The lowest BCUT2D eigenvalue weighted by Crippen LogP contribution is -2.50. The molecule has 1 atom stereocenters. The Labute approximate surface area is 245 Å². The third kappa shape index (κ3) is 8.13. The summed E-state index contributed by atoms with van der Waals surface area (Å²) in [6, 6.07) is 20.4. The van der Waals surface area contributed by atoms with Gasteiger partial charge in [0.1, 0.15) is 11.8 Å². The Bertz CT molecular complexity index is 1400. The number of amides is 2. The zero-order valence-electron chi connectivity index (χ0n) is 22.6. The third-order valence-corrected chi connectivity index (χ3v) is 8.30. The standard InChI is InChI=1S/C29H33Cl2N3O5S/c1-32-29(36)26(19-21-11-5-4-6-12-21)33(20-22-23(30)13-9-14-24(22)31)28(35)17-10-18-34(40(3,37)38)25-15-7-8-16-27(25)39-2/h4-9,11-16,26H,10,17-20H2,1-3H3,(H,32,36). The summed E-state index contributed by atoms with van der Waals surface area (Å²) in [5.41, 5.74) is 1.78. The van der Waals surface area contributed by atoms with Crippen molar-refractivity contribution in [3.05, 3.63) is 94.0 Å². The molecular formula is C29H33Cl2N3O5S. The van der Waals surface area contributed by atoms with E-state index in [1.165, 1.54) is 23.4 Å². The van der Waals surface area contributed by atoms with E-state index in [2.05, 4.69) is 5.32 Å². The number of nitrogens with one attached hydrogen (secondary N) is 1. The molecule has 0 aliphatic heterocycles. The second kappa shape index (κ2) is 14.4. The summed E-state index contributed by atoms with van der Waals surface area (Å²) in [5, 5.41) is 3.41. The highest BCUT2D eigenvalue weighted by Crippen LogP contribution is 2.30. The fourth-order valence-electron chi connectivity index (χ4n) is 4.39. The van der Waals surface area contributed by atoms with Crippen molar-refractivity contribution in [3.63, 3.8) is 0 Å². The third-order valence-electron chi connectivity index (χ3n) is 6.41. The molecule has 0 aliphatic carbocycles. The summed E-state index contributed by atoms with van der Waals surface area (Å²) < 4.78 is 31.9. The predicted molar refractivity (Wildman–Crippen MR) is 159 cm³/mol. The maximum absolute atomic E-state index is 13.8. The smallest absolute Gasteiger partial charge is 0.242 e. The molecule has 0 saturated carbocycles. The van der Waals surface area contributed by atoms with Gasteiger partial charge in [0.05, 0.1) is 19.1 Å². The van der Waals surface area contributed by atoms with Crippen LogP contribution >= 0.6 is 23.2 Å². The number of likely N-dealkylation sites (N-methyl/N-ethyl adjacent to an activating group) is 1. The summed E-state index contributed by atoms with van der Waals surface area (Å²) in [5.74, 6) is -0.280. The highest BCUT2D eigenvalue weighted by Gasteiger charge is 2.31. The van der Waals surface area contributed by atoms with Crippen LogP contribution in [0.3, 0.4) is 0 Å². The summed E-state index contributed by atoms with van der Waals surface area (Å²) >= 11 is 12.9. The van der Waals surface area contributed by atoms with Crippen LogP contribution in [0.1, 0.15) is 24.0 Å². The largest absolute Gasteiger partial charge is 0.495 e. The molecule has 0 radical (unpaired) electrons. The Morgan fingerprint density at radius 3 is 2.17 bits per heavy atom. The van der Waals surface area contributed by atoms with Crippen molar-refractivity contribution in [2.24, 2.45) is 0 Å². The number of hydrogen-bond acceptors (Lipinski definition) is 5.